The number of aromatic nitrogens is 1. The van der Waals surface area contributed by atoms with E-state index in [1.165, 1.54) is 5.56 Å². The molecule has 1 saturated heterocycles. The molecule has 0 aliphatic carbocycles. The number of nitrogens with one attached hydrogen (secondary N) is 1. The van der Waals surface area contributed by atoms with Crippen molar-refractivity contribution in [2.24, 2.45) is 0 Å². The van der Waals surface area contributed by atoms with Gasteiger partial charge in [-0.3, -0.25) is 4.90 Å². The van der Waals surface area contributed by atoms with Gasteiger partial charge in [-0.2, -0.15) is 0 Å². The van der Waals surface area contributed by atoms with E-state index < -0.39 is 0 Å². The summed E-state index contributed by atoms with van der Waals surface area (Å²) in [6, 6.07) is 14.3. The molecule has 1 unspecified atom stereocenters. The van der Waals surface area contributed by atoms with Crippen LogP contribution >= 0.6 is 23.3 Å². The van der Waals surface area contributed by atoms with E-state index in [4.69, 9.17) is 0 Å². The van der Waals surface area contributed by atoms with Gasteiger partial charge in [0.15, 0.2) is 5.82 Å². The van der Waals surface area contributed by atoms with Crippen LogP contribution in [0.25, 0.3) is 0 Å². The highest BCUT2D eigenvalue weighted by atomic mass is 32.2. The van der Waals surface area contributed by atoms with Crippen LogP contribution in [0.3, 0.4) is 0 Å². The SMILES string of the molecule is Cc1cc(SNc2ncsc2O)c(F)cc1N(C)C1CCN(Cc2ccccc2)C1. The van der Waals surface area contributed by atoms with Crippen LogP contribution in [0.5, 0.6) is 5.06 Å². The zero-order valence-electron chi connectivity index (χ0n) is 17.0. The standard InChI is InChI=1S/C22H25FN4OS2/c1-15-10-20(30-25-21-22(28)29-14-24-21)18(23)11-19(15)26(2)17-8-9-27(13-17)12-16-6-4-3-5-7-16/h3-7,10-11,14,17,25,28H,8-9,12-13H2,1-2H3. The second-order valence-corrected chi connectivity index (χ2v) is 9.23. The molecule has 8 heteroatoms. The van der Waals surface area contributed by atoms with Crippen LogP contribution in [0.2, 0.25) is 0 Å². The molecule has 0 spiro atoms. The molecule has 30 heavy (non-hydrogen) atoms. The van der Waals surface area contributed by atoms with Crippen LogP contribution in [0, 0.1) is 12.7 Å². The number of hydrogen-bond donors (Lipinski definition) is 2. The van der Waals surface area contributed by atoms with E-state index in [-0.39, 0.29) is 10.9 Å². The molecule has 1 fully saturated rings. The Bertz CT molecular complexity index is 998. The third-order valence-corrected chi connectivity index (χ3v) is 6.94. The van der Waals surface area contributed by atoms with Gasteiger partial charge in [-0.15, -0.1) is 0 Å². The molecule has 5 nitrogen and oxygen atoms in total. The Hall–Kier alpha value is -2.29. The molecule has 1 aliphatic rings. The Balaban J connectivity index is 1.41. The second kappa shape index (κ2) is 9.24. The lowest BCUT2D eigenvalue weighted by molar-refractivity contribution is 0.326. The number of likely N-dealkylation sites (N-methyl/N-ethyl adjacent to an activating group) is 1. The van der Waals surface area contributed by atoms with Crippen molar-refractivity contribution in [2.75, 3.05) is 29.8 Å². The van der Waals surface area contributed by atoms with Crippen molar-refractivity contribution in [3.63, 3.8) is 0 Å². The number of thiazole rings is 1. The molecule has 4 rings (SSSR count). The average Bonchev–Trinajstić information content (AvgIpc) is 3.37. The zero-order chi connectivity index (χ0) is 21.1. The summed E-state index contributed by atoms with van der Waals surface area (Å²) in [5.41, 5.74) is 4.80. The van der Waals surface area contributed by atoms with Crippen molar-refractivity contribution in [2.45, 2.75) is 30.8 Å². The molecule has 0 amide bonds. The van der Waals surface area contributed by atoms with Gasteiger partial charge >= 0.3 is 0 Å². The van der Waals surface area contributed by atoms with E-state index in [9.17, 15) is 9.50 Å². The first-order chi connectivity index (χ1) is 14.5. The van der Waals surface area contributed by atoms with Crippen molar-refractivity contribution in [3.05, 3.63) is 64.9 Å². The van der Waals surface area contributed by atoms with Crippen molar-refractivity contribution in [1.29, 1.82) is 0 Å². The molecule has 158 valence electrons. The summed E-state index contributed by atoms with van der Waals surface area (Å²) < 4.78 is 17.7. The molecule has 2 heterocycles. The number of aryl methyl sites for hydroxylation is 1. The van der Waals surface area contributed by atoms with Crippen molar-refractivity contribution < 1.29 is 9.50 Å². The fraction of sp³-hybridized carbons (Fsp3) is 0.318. The van der Waals surface area contributed by atoms with Crippen LogP contribution in [0.1, 0.15) is 17.5 Å². The number of likely N-dealkylation sites (tertiary alicyclic amines) is 1. The molecule has 0 radical (unpaired) electrons. The summed E-state index contributed by atoms with van der Waals surface area (Å²) in [7, 11) is 2.05. The van der Waals surface area contributed by atoms with E-state index in [2.05, 4.69) is 50.8 Å². The molecule has 1 aromatic heterocycles. The van der Waals surface area contributed by atoms with E-state index in [1.807, 2.05) is 19.1 Å². The van der Waals surface area contributed by atoms with Gasteiger partial charge in [0.25, 0.3) is 0 Å². The van der Waals surface area contributed by atoms with E-state index in [1.54, 1.807) is 11.6 Å². The Labute approximate surface area is 184 Å². The first-order valence-corrected chi connectivity index (χ1v) is 11.6. The van der Waals surface area contributed by atoms with Crippen molar-refractivity contribution in [3.8, 4) is 5.06 Å². The summed E-state index contributed by atoms with van der Waals surface area (Å²) in [6.07, 6.45) is 1.06. The van der Waals surface area contributed by atoms with E-state index in [0.717, 1.165) is 60.6 Å². The Morgan fingerprint density at radius 2 is 2.13 bits per heavy atom. The van der Waals surface area contributed by atoms with Crippen LogP contribution in [-0.4, -0.2) is 41.2 Å². The van der Waals surface area contributed by atoms with Gasteiger partial charge in [0.1, 0.15) is 5.82 Å². The summed E-state index contributed by atoms with van der Waals surface area (Å²) in [5.74, 6) is 0.0709. The molecule has 3 aromatic rings. The van der Waals surface area contributed by atoms with Crippen LogP contribution in [-0.2, 0) is 6.54 Å². The molecule has 0 bridgehead atoms. The molecular formula is C22H25FN4OS2. The maximum Gasteiger partial charge on any atom is 0.217 e. The maximum absolute atomic E-state index is 14.8. The predicted octanol–water partition coefficient (Wildman–Crippen LogP) is 5.13. The smallest absolute Gasteiger partial charge is 0.217 e. The van der Waals surface area contributed by atoms with Crippen LogP contribution < -0.4 is 9.62 Å². The molecule has 1 atom stereocenters. The molecule has 2 aromatic carbocycles. The highest BCUT2D eigenvalue weighted by molar-refractivity contribution is 8.00. The van der Waals surface area contributed by atoms with Crippen LogP contribution in [0.4, 0.5) is 15.9 Å². The fourth-order valence-electron chi connectivity index (χ4n) is 3.83. The van der Waals surface area contributed by atoms with E-state index >= 15 is 0 Å². The quantitative estimate of drug-likeness (QED) is 0.493. The minimum Gasteiger partial charge on any atom is -0.497 e. The molecular weight excluding hydrogens is 419 g/mol. The lowest BCUT2D eigenvalue weighted by Gasteiger charge is -2.29. The number of anilines is 2. The summed E-state index contributed by atoms with van der Waals surface area (Å²) >= 11 is 2.25. The van der Waals surface area contributed by atoms with Gasteiger partial charge in [0.2, 0.25) is 5.06 Å². The Morgan fingerprint density at radius 1 is 1.33 bits per heavy atom. The lowest BCUT2D eigenvalue weighted by atomic mass is 10.1. The van der Waals surface area contributed by atoms with Gasteiger partial charge < -0.3 is 14.7 Å². The van der Waals surface area contributed by atoms with Gasteiger partial charge in [0.05, 0.1) is 10.4 Å². The average molecular weight is 445 g/mol. The minimum absolute atomic E-state index is 0.0947. The largest absolute Gasteiger partial charge is 0.497 e. The van der Waals surface area contributed by atoms with Crippen LogP contribution in [0.15, 0.2) is 52.9 Å². The highest BCUT2D eigenvalue weighted by Gasteiger charge is 2.27. The van der Waals surface area contributed by atoms with Crippen molar-refractivity contribution >= 4 is 34.8 Å². The number of benzene rings is 2. The van der Waals surface area contributed by atoms with Gasteiger partial charge in [-0.05, 0) is 48.6 Å². The molecule has 1 aliphatic heterocycles. The predicted molar refractivity (Wildman–Crippen MR) is 123 cm³/mol. The zero-order valence-corrected chi connectivity index (χ0v) is 18.6. The fourth-order valence-corrected chi connectivity index (χ4v) is 5.11. The lowest BCUT2D eigenvalue weighted by Crippen LogP contribution is -2.35. The summed E-state index contributed by atoms with van der Waals surface area (Å²) in [4.78, 5) is 9.16. The summed E-state index contributed by atoms with van der Waals surface area (Å²) in [5, 5.41) is 9.78. The first kappa shape index (κ1) is 21.0. The Kier molecular flexibility index (Phi) is 6.46. The van der Waals surface area contributed by atoms with Gasteiger partial charge in [-0.25, -0.2) is 9.37 Å². The first-order valence-electron chi connectivity index (χ1n) is 9.86. The maximum atomic E-state index is 14.8. The number of aromatic hydroxyl groups is 1. The molecule has 2 N–H and O–H groups in total. The van der Waals surface area contributed by atoms with Crippen molar-refractivity contribution in [1.82, 2.24) is 9.88 Å². The molecule has 0 saturated carbocycles. The van der Waals surface area contributed by atoms with Gasteiger partial charge in [0, 0.05) is 38.4 Å². The Morgan fingerprint density at radius 3 is 2.87 bits per heavy atom. The number of halogens is 1. The highest BCUT2D eigenvalue weighted by Crippen LogP contribution is 2.34. The van der Waals surface area contributed by atoms with E-state index in [0.29, 0.717) is 16.8 Å². The monoisotopic (exact) mass is 444 g/mol. The second-order valence-electron chi connectivity index (χ2n) is 7.55. The van der Waals surface area contributed by atoms with Gasteiger partial charge in [-0.1, -0.05) is 41.7 Å². The third-order valence-electron chi connectivity index (χ3n) is 5.48. The number of hydrogen-bond acceptors (Lipinski definition) is 7. The number of rotatable bonds is 7. The summed E-state index contributed by atoms with van der Waals surface area (Å²) in [6.45, 7) is 4.96. The third kappa shape index (κ3) is 4.71. The number of nitrogens with zero attached hydrogens (tertiary/aromatic N) is 3. The topological polar surface area (TPSA) is 51.6 Å². The minimum atomic E-state index is -0.284. The normalized spacial score (nSPS) is 16.7.